The van der Waals surface area contributed by atoms with Gasteiger partial charge in [-0.05, 0) is 31.4 Å². The molecule has 1 aromatic heterocycles. The Morgan fingerprint density at radius 1 is 1.53 bits per heavy atom. The van der Waals surface area contributed by atoms with Gasteiger partial charge in [-0.25, -0.2) is 0 Å². The zero-order chi connectivity index (χ0) is 11.1. The lowest BCUT2D eigenvalue weighted by molar-refractivity contribution is 0.0946. The average Bonchev–Trinajstić information content (AvgIpc) is 2.25. The second-order valence-corrected chi connectivity index (χ2v) is 3.36. The summed E-state index contributed by atoms with van der Waals surface area (Å²) in [6.45, 7) is 2.60. The number of rotatable bonds is 5. The first-order valence-electron chi connectivity index (χ1n) is 5.06. The summed E-state index contributed by atoms with van der Waals surface area (Å²) < 4.78 is 0. The third kappa shape index (κ3) is 3.67. The van der Waals surface area contributed by atoms with Crippen molar-refractivity contribution >= 4 is 5.91 Å². The highest BCUT2D eigenvalue weighted by molar-refractivity contribution is 5.93. The predicted molar refractivity (Wildman–Crippen MR) is 57.6 cm³/mol. The molecule has 0 saturated carbocycles. The molecule has 82 valence electrons. The van der Waals surface area contributed by atoms with Crippen LogP contribution in [0.3, 0.4) is 0 Å². The molecule has 0 atom stereocenters. The van der Waals surface area contributed by atoms with E-state index < -0.39 is 0 Å². The lowest BCUT2D eigenvalue weighted by atomic mass is 10.2. The molecule has 15 heavy (non-hydrogen) atoms. The third-order valence-corrected chi connectivity index (χ3v) is 2.09. The fourth-order valence-electron chi connectivity index (χ4n) is 1.25. The van der Waals surface area contributed by atoms with Gasteiger partial charge in [0, 0.05) is 19.3 Å². The fourth-order valence-corrected chi connectivity index (χ4v) is 1.25. The van der Waals surface area contributed by atoms with Crippen LogP contribution in [0.5, 0.6) is 0 Å². The molecular formula is C11H16N2O2. The summed E-state index contributed by atoms with van der Waals surface area (Å²) >= 11 is 0. The van der Waals surface area contributed by atoms with Gasteiger partial charge in [-0.15, -0.1) is 0 Å². The molecule has 0 fully saturated rings. The number of aryl methyl sites for hydroxylation is 1. The maximum Gasteiger partial charge on any atom is 0.270 e. The number of hydrogen-bond donors (Lipinski definition) is 2. The highest BCUT2D eigenvalue weighted by Gasteiger charge is 2.08. The summed E-state index contributed by atoms with van der Waals surface area (Å²) in [6.07, 6.45) is 3.10. The second kappa shape index (κ2) is 6.14. The Morgan fingerprint density at radius 2 is 2.33 bits per heavy atom. The van der Waals surface area contributed by atoms with Crippen LogP contribution in [0.25, 0.3) is 0 Å². The fraction of sp³-hybridized carbons (Fsp3) is 0.455. The maximum absolute atomic E-state index is 11.6. The summed E-state index contributed by atoms with van der Waals surface area (Å²) in [4.78, 5) is 15.6. The van der Waals surface area contributed by atoms with Crippen molar-refractivity contribution in [2.45, 2.75) is 19.8 Å². The molecule has 0 bridgehead atoms. The van der Waals surface area contributed by atoms with Crippen LogP contribution in [0.4, 0.5) is 0 Å². The molecule has 1 rings (SSSR count). The summed E-state index contributed by atoms with van der Waals surface area (Å²) in [6, 6.07) is 3.66. The number of carbonyl (C=O) groups is 1. The van der Waals surface area contributed by atoms with Crippen LogP contribution in [-0.2, 0) is 0 Å². The SMILES string of the molecule is Cc1cccnc1C(=O)NCCCCO. The van der Waals surface area contributed by atoms with Crippen LogP contribution in [0.1, 0.15) is 28.9 Å². The minimum Gasteiger partial charge on any atom is -0.396 e. The molecule has 4 nitrogen and oxygen atoms in total. The minimum atomic E-state index is -0.147. The zero-order valence-electron chi connectivity index (χ0n) is 8.86. The van der Waals surface area contributed by atoms with Crippen LogP contribution in [0, 0.1) is 6.92 Å². The Labute approximate surface area is 89.3 Å². The Kier molecular flexibility index (Phi) is 4.77. The van der Waals surface area contributed by atoms with Gasteiger partial charge in [-0.3, -0.25) is 9.78 Å². The summed E-state index contributed by atoms with van der Waals surface area (Å²) in [5, 5.41) is 11.3. The molecule has 2 N–H and O–H groups in total. The molecule has 0 aliphatic rings. The van der Waals surface area contributed by atoms with Crippen molar-refractivity contribution in [2.24, 2.45) is 0 Å². The van der Waals surface area contributed by atoms with Crippen molar-refractivity contribution in [2.75, 3.05) is 13.2 Å². The number of carbonyl (C=O) groups excluding carboxylic acids is 1. The van der Waals surface area contributed by atoms with Crippen molar-refractivity contribution in [1.29, 1.82) is 0 Å². The number of hydrogen-bond acceptors (Lipinski definition) is 3. The number of nitrogens with one attached hydrogen (secondary N) is 1. The Balaban J connectivity index is 2.44. The van der Waals surface area contributed by atoms with Crippen molar-refractivity contribution < 1.29 is 9.90 Å². The molecule has 0 saturated heterocycles. The van der Waals surface area contributed by atoms with Gasteiger partial charge in [0.2, 0.25) is 0 Å². The maximum atomic E-state index is 11.6. The molecule has 0 aliphatic carbocycles. The number of aromatic nitrogens is 1. The Hall–Kier alpha value is -1.42. The van der Waals surface area contributed by atoms with Gasteiger partial charge in [0.25, 0.3) is 5.91 Å². The van der Waals surface area contributed by atoms with Crippen molar-refractivity contribution in [1.82, 2.24) is 10.3 Å². The van der Waals surface area contributed by atoms with E-state index >= 15 is 0 Å². The Bertz CT molecular complexity index is 326. The van der Waals surface area contributed by atoms with Crippen LogP contribution < -0.4 is 5.32 Å². The van der Waals surface area contributed by atoms with E-state index in [1.807, 2.05) is 13.0 Å². The van der Waals surface area contributed by atoms with E-state index in [0.29, 0.717) is 18.7 Å². The van der Waals surface area contributed by atoms with Crippen LogP contribution in [0.2, 0.25) is 0 Å². The molecule has 0 aliphatic heterocycles. The quantitative estimate of drug-likeness (QED) is 0.706. The highest BCUT2D eigenvalue weighted by atomic mass is 16.2. The molecule has 1 amide bonds. The summed E-state index contributed by atoms with van der Waals surface area (Å²) in [5.41, 5.74) is 1.35. The average molecular weight is 208 g/mol. The minimum absolute atomic E-state index is 0.147. The standard InChI is InChI=1S/C11H16N2O2/c1-9-5-4-7-12-10(9)11(15)13-6-2-3-8-14/h4-5,7,14H,2-3,6,8H2,1H3,(H,13,15). The molecule has 0 aromatic carbocycles. The highest BCUT2D eigenvalue weighted by Crippen LogP contribution is 2.02. The van der Waals surface area contributed by atoms with Gasteiger partial charge >= 0.3 is 0 Å². The Morgan fingerprint density at radius 3 is 3.00 bits per heavy atom. The van der Waals surface area contributed by atoms with E-state index in [2.05, 4.69) is 10.3 Å². The summed E-state index contributed by atoms with van der Waals surface area (Å²) in [5.74, 6) is -0.147. The van der Waals surface area contributed by atoms with E-state index in [0.717, 1.165) is 12.0 Å². The van der Waals surface area contributed by atoms with E-state index in [-0.39, 0.29) is 12.5 Å². The number of aliphatic hydroxyl groups is 1. The molecule has 0 radical (unpaired) electrons. The van der Waals surface area contributed by atoms with E-state index in [1.165, 1.54) is 0 Å². The first-order chi connectivity index (χ1) is 7.25. The number of amides is 1. The lowest BCUT2D eigenvalue weighted by Gasteiger charge is -2.05. The smallest absolute Gasteiger partial charge is 0.270 e. The van der Waals surface area contributed by atoms with Gasteiger partial charge in [0.1, 0.15) is 5.69 Å². The lowest BCUT2D eigenvalue weighted by Crippen LogP contribution is -2.26. The molecular weight excluding hydrogens is 192 g/mol. The summed E-state index contributed by atoms with van der Waals surface area (Å²) in [7, 11) is 0. The van der Waals surface area contributed by atoms with Gasteiger partial charge in [-0.2, -0.15) is 0 Å². The van der Waals surface area contributed by atoms with Crippen molar-refractivity contribution in [3.63, 3.8) is 0 Å². The van der Waals surface area contributed by atoms with Crippen molar-refractivity contribution in [3.05, 3.63) is 29.6 Å². The van der Waals surface area contributed by atoms with E-state index in [9.17, 15) is 4.79 Å². The molecule has 0 spiro atoms. The molecule has 0 unspecified atom stereocenters. The van der Waals surface area contributed by atoms with Gasteiger partial charge in [-0.1, -0.05) is 6.07 Å². The predicted octanol–water partition coefficient (Wildman–Crippen LogP) is 0.892. The van der Waals surface area contributed by atoms with E-state index in [4.69, 9.17) is 5.11 Å². The molecule has 4 heteroatoms. The largest absolute Gasteiger partial charge is 0.396 e. The molecule has 1 heterocycles. The monoisotopic (exact) mass is 208 g/mol. The van der Waals surface area contributed by atoms with E-state index in [1.54, 1.807) is 12.3 Å². The van der Waals surface area contributed by atoms with Gasteiger partial charge < -0.3 is 10.4 Å². The van der Waals surface area contributed by atoms with Gasteiger partial charge in [0.05, 0.1) is 0 Å². The topological polar surface area (TPSA) is 62.2 Å². The second-order valence-electron chi connectivity index (χ2n) is 3.36. The third-order valence-electron chi connectivity index (χ3n) is 2.09. The van der Waals surface area contributed by atoms with Crippen molar-refractivity contribution in [3.8, 4) is 0 Å². The first-order valence-corrected chi connectivity index (χ1v) is 5.06. The van der Waals surface area contributed by atoms with Crippen LogP contribution >= 0.6 is 0 Å². The van der Waals surface area contributed by atoms with Gasteiger partial charge in [0.15, 0.2) is 0 Å². The number of pyridine rings is 1. The molecule has 1 aromatic rings. The first kappa shape index (κ1) is 11.7. The normalized spacial score (nSPS) is 10.0. The van der Waals surface area contributed by atoms with Crippen LogP contribution in [0.15, 0.2) is 18.3 Å². The zero-order valence-corrected chi connectivity index (χ0v) is 8.86. The number of unbranched alkanes of at least 4 members (excludes halogenated alkanes) is 1. The number of aliphatic hydroxyl groups excluding tert-OH is 1. The number of nitrogens with zero attached hydrogens (tertiary/aromatic N) is 1. The van der Waals surface area contributed by atoms with Crippen LogP contribution in [-0.4, -0.2) is 29.1 Å².